The Labute approximate surface area is 303 Å². The summed E-state index contributed by atoms with van der Waals surface area (Å²) in [5.41, 5.74) is 0. The Balaban J connectivity index is 4.22. The van der Waals surface area contributed by atoms with Crippen LogP contribution in [0.4, 0.5) is 0 Å². The summed E-state index contributed by atoms with van der Waals surface area (Å²) in [6, 6.07) is 0. The monoisotopic (exact) mass is 718 g/mol. The average Bonchev–Trinajstić information content (AvgIpc) is 3.04. The van der Waals surface area contributed by atoms with Crippen LogP contribution in [0.5, 0.6) is 0 Å². The highest BCUT2D eigenvalue weighted by Gasteiger charge is 2.20. The van der Waals surface area contributed by atoms with E-state index in [1.165, 1.54) is 128 Å². The Bertz CT molecular complexity index is 802. The van der Waals surface area contributed by atoms with Crippen molar-refractivity contribution in [3.63, 3.8) is 0 Å². The number of rotatable bonds is 38. The molecule has 0 aromatic rings. The summed E-state index contributed by atoms with van der Waals surface area (Å²) < 4.78 is 34.4. The second-order valence-electron chi connectivity index (χ2n) is 15.0. The molecule has 0 aliphatic carbocycles. The van der Waals surface area contributed by atoms with E-state index in [4.69, 9.17) is 18.5 Å². The van der Waals surface area contributed by atoms with Gasteiger partial charge >= 0.3 is 5.97 Å². The van der Waals surface area contributed by atoms with Gasteiger partial charge in [-0.3, -0.25) is 9.36 Å². The fraction of sp³-hybridized carbons (Fsp3) is 0.925. The fourth-order valence-electron chi connectivity index (χ4n) is 5.60. The van der Waals surface area contributed by atoms with Crippen molar-refractivity contribution in [3.05, 3.63) is 12.2 Å². The highest BCUT2D eigenvalue weighted by Crippen LogP contribution is 2.38. The molecule has 0 fully saturated rings. The minimum absolute atomic E-state index is 0.0281. The maximum absolute atomic E-state index is 12.6. The molecule has 0 radical (unpaired) electrons. The third-order valence-corrected chi connectivity index (χ3v) is 9.78. The van der Waals surface area contributed by atoms with Crippen LogP contribution < -0.4 is 4.89 Å². The number of ether oxygens (including phenoxy) is 2. The molecule has 0 rings (SSSR count). The Morgan fingerprint density at radius 3 is 1.55 bits per heavy atom. The van der Waals surface area contributed by atoms with Crippen LogP contribution in [0, 0.1) is 0 Å². The van der Waals surface area contributed by atoms with Crippen LogP contribution in [-0.2, 0) is 27.9 Å². The molecule has 0 spiro atoms. The van der Waals surface area contributed by atoms with E-state index in [0.29, 0.717) is 24.1 Å². The lowest BCUT2D eigenvalue weighted by molar-refractivity contribution is -0.870. The van der Waals surface area contributed by atoms with Gasteiger partial charge in [0.15, 0.2) is 0 Å². The third-order valence-electron chi connectivity index (χ3n) is 8.82. The molecule has 0 bridgehead atoms. The van der Waals surface area contributed by atoms with Gasteiger partial charge in [-0.2, -0.15) is 0 Å². The smallest absolute Gasteiger partial charge is 0.306 e. The zero-order valence-corrected chi connectivity index (χ0v) is 33.8. The summed E-state index contributed by atoms with van der Waals surface area (Å²) in [6.45, 7) is 5.41. The predicted octanol–water partition coefficient (Wildman–Crippen LogP) is 10.9. The number of hydrogen-bond acceptors (Lipinski definition) is 7. The minimum atomic E-state index is -4.51. The van der Waals surface area contributed by atoms with E-state index in [9.17, 15) is 14.3 Å². The Hall–Kier alpha value is -0.760. The Kier molecular flexibility index (Phi) is 33.8. The fourth-order valence-corrected chi connectivity index (χ4v) is 6.33. The van der Waals surface area contributed by atoms with E-state index in [2.05, 4.69) is 26.0 Å². The van der Waals surface area contributed by atoms with E-state index in [0.717, 1.165) is 32.1 Å². The van der Waals surface area contributed by atoms with Crippen LogP contribution in [0.1, 0.15) is 181 Å². The largest absolute Gasteiger partial charge is 0.756 e. The summed E-state index contributed by atoms with van der Waals surface area (Å²) in [4.78, 5) is 24.9. The van der Waals surface area contributed by atoms with Crippen LogP contribution in [0.25, 0.3) is 0 Å². The van der Waals surface area contributed by atoms with Gasteiger partial charge in [0, 0.05) is 13.0 Å². The molecule has 0 aromatic heterocycles. The van der Waals surface area contributed by atoms with Gasteiger partial charge in [-0.05, 0) is 38.5 Å². The molecular weight excluding hydrogens is 637 g/mol. The van der Waals surface area contributed by atoms with Gasteiger partial charge in [0.2, 0.25) is 0 Å². The number of esters is 1. The summed E-state index contributed by atoms with van der Waals surface area (Å²) in [5.74, 6) is -0.337. The molecule has 0 aliphatic rings. The number of hydrogen-bond donors (Lipinski definition) is 0. The zero-order valence-electron chi connectivity index (χ0n) is 32.9. The highest BCUT2D eigenvalue weighted by atomic mass is 31.2. The number of phosphoric ester groups is 1. The number of likely N-dealkylation sites (N-methyl/N-ethyl adjacent to an activating group) is 1. The molecule has 0 aromatic carbocycles. The molecule has 0 N–H and O–H groups in total. The summed E-state index contributed by atoms with van der Waals surface area (Å²) in [6.07, 6.45) is 35.0. The first kappa shape index (κ1) is 48.2. The van der Waals surface area contributed by atoms with Crippen molar-refractivity contribution in [3.8, 4) is 0 Å². The van der Waals surface area contributed by atoms with Crippen molar-refractivity contribution in [2.75, 3.05) is 54.1 Å². The average molecular weight is 718 g/mol. The second-order valence-corrected chi connectivity index (χ2v) is 16.4. The van der Waals surface area contributed by atoms with Crippen molar-refractivity contribution < 1.29 is 37.3 Å². The lowest BCUT2D eigenvalue weighted by Crippen LogP contribution is -2.37. The quantitative estimate of drug-likeness (QED) is 0.0206. The minimum Gasteiger partial charge on any atom is -0.756 e. The molecule has 0 saturated carbocycles. The van der Waals surface area contributed by atoms with Gasteiger partial charge in [0.1, 0.15) is 19.3 Å². The first-order valence-electron chi connectivity index (χ1n) is 20.4. The number of unbranched alkanes of at least 4 members (excludes halogenated alkanes) is 22. The molecule has 0 aliphatic heterocycles. The van der Waals surface area contributed by atoms with Gasteiger partial charge in [-0.1, -0.05) is 148 Å². The number of carbonyl (C=O) groups excluding carboxylic acids is 1. The summed E-state index contributed by atoms with van der Waals surface area (Å²) >= 11 is 0. The summed E-state index contributed by atoms with van der Waals surface area (Å²) in [5, 5.41) is 0. The number of nitrogens with zero attached hydrogens (tertiary/aromatic N) is 1. The Morgan fingerprint density at radius 2 is 1.06 bits per heavy atom. The molecule has 0 amide bonds. The molecule has 0 saturated heterocycles. The van der Waals surface area contributed by atoms with Crippen LogP contribution in [0.3, 0.4) is 0 Å². The molecule has 0 heterocycles. The standard InChI is InChI=1S/C40H80NO7P/c1-6-8-10-12-14-16-18-19-20-21-22-23-24-25-27-29-31-33-40(42)48-39(38-47-49(43,44)46-36-34-41(3,4)5)37-45-35-32-30-28-26-17-15-13-11-9-7-2/h19-20,39H,6-18,21-38H2,1-5H3/b20-19-. The molecule has 2 unspecified atom stereocenters. The lowest BCUT2D eigenvalue weighted by atomic mass is 10.1. The van der Waals surface area contributed by atoms with E-state index in [-0.39, 0.29) is 25.8 Å². The maximum atomic E-state index is 12.6. The summed E-state index contributed by atoms with van der Waals surface area (Å²) in [7, 11) is 1.36. The van der Waals surface area contributed by atoms with E-state index in [1.54, 1.807) is 0 Å². The predicted molar refractivity (Wildman–Crippen MR) is 204 cm³/mol. The van der Waals surface area contributed by atoms with Crippen molar-refractivity contribution >= 4 is 13.8 Å². The first-order chi connectivity index (χ1) is 23.6. The van der Waals surface area contributed by atoms with Gasteiger partial charge in [-0.15, -0.1) is 0 Å². The van der Waals surface area contributed by atoms with Gasteiger partial charge < -0.3 is 27.9 Å². The molecular formula is C40H80NO7P. The van der Waals surface area contributed by atoms with Gasteiger partial charge in [0.25, 0.3) is 7.82 Å². The number of quaternary nitrogens is 1. The van der Waals surface area contributed by atoms with Crippen molar-refractivity contribution in [1.29, 1.82) is 0 Å². The van der Waals surface area contributed by atoms with E-state index in [1.807, 2.05) is 21.1 Å². The van der Waals surface area contributed by atoms with Crippen molar-refractivity contribution in [2.45, 2.75) is 187 Å². The van der Waals surface area contributed by atoms with Crippen LogP contribution in [0.15, 0.2) is 12.2 Å². The maximum Gasteiger partial charge on any atom is 0.306 e. The van der Waals surface area contributed by atoms with E-state index < -0.39 is 13.9 Å². The van der Waals surface area contributed by atoms with Crippen LogP contribution in [0.2, 0.25) is 0 Å². The van der Waals surface area contributed by atoms with Crippen molar-refractivity contribution in [1.82, 2.24) is 0 Å². The lowest BCUT2D eigenvalue weighted by Gasteiger charge is -2.28. The van der Waals surface area contributed by atoms with Crippen LogP contribution >= 0.6 is 7.82 Å². The van der Waals surface area contributed by atoms with Gasteiger partial charge in [0.05, 0.1) is 34.4 Å². The Morgan fingerprint density at radius 1 is 0.612 bits per heavy atom. The molecule has 292 valence electrons. The zero-order chi connectivity index (χ0) is 36.3. The number of carbonyl (C=O) groups is 1. The van der Waals surface area contributed by atoms with Gasteiger partial charge in [-0.25, -0.2) is 0 Å². The molecule has 8 nitrogen and oxygen atoms in total. The normalized spacial score (nSPS) is 14.0. The van der Waals surface area contributed by atoms with Crippen molar-refractivity contribution in [2.24, 2.45) is 0 Å². The highest BCUT2D eigenvalue weighted by molar-refractivity contribution is 7.45. The van der Waals surface area contributed by atoms with E-state index >= 15 is 0 Å². The number of phosphoric acid groups is 1. The first-order valence-corrected chi connectivity index (χ1v) is 21.9. The number of allylic oxidation sites excluding steroid dienone is 2. The molecule has 9 heteroatoms. The topological polar surface area (TPSA) is 94.1 Å². The second kappa shape index (κ2) is 34.3. The molecule has 2 atom stereocenters. The SMILES string of the molecule is CCCCCCCC/C=C\CCCCCCCCCC(=O)OC(COCCCCCCCCCCCC)COP(=O)([O-])OCC[N+](C)(C)C. The van der Waals surface area contributed by atoms with Crippen LogP contribution in [-0.4, -0.2) is 70.7 Å². The third kappa shape index (κ3) is 38.3. The molecule has 49 heavy (non-hydrogen) atoms.